The lowest BCUT2D eigenvalue weighted by Crippen LogP contribution is -2.58. The van der Waals surface area contributed by atoms with Crippen molar-refractivity contribution < 1.29 is 14.6 Å². The predicted molar refractivity (Wildman–Crippen MR) is 125 cm³/mol. The van der Waals surface area contributed by atoms with Crippen LogP contribution in [-0.4, -0.2) is 51.7 Å². The van der Waals surface area contributed by atoms with E-state index in [0.717, 1.165) is 42.3 Å². The van der Waals surface area contributed by atoms with Crippen LogP contribution >= 0.6 is 0 Å². The van der Waals surface area contributed by atoms with Gasteiger partial charge >= 0.3 is 0 Å². The number of para-hydroxylation sites is 1. The molecule has 2 heterocycles. The molecule has 166 valence electrons. The second kappa shape index (κ2) is 8.79. The maximum absolute atomic E-state index is 13.6. The van der Waals surface area contributed by atoms with Crippen molar-refractivity contribution in [2.75, 3.05) is 18.4 Å². The number of anilines is 1. The molecule has 0 radical (unpaired) electrons. The minimum atomic E-state index is -0.729. The number of β-amino-alcohol motifs (C(OH)–C–C–N with tert-alkyl or cyclic N) is 1. The number of nitrogens with one attached hydrogen (secondary N) is 1. The van der Waals surface area contributed by atoms with Crippen LogP contribution in [0, 0.1) is 0 Å². The van der Waals surface area contributed by atoms with Gasteiger partial charge in [0.2, 0.25) is 5.91 Å². The van der Waals surface area contributed by atoms with Crippen LogP contribution in [0.1, 0.15) is 32.1 Å². The molecule has 1 aliphatic carbocycles. The van der Waals surface area contributed by atoms with Crippen molar-refractivity contribution in [1.29, 1.82) is 0 Å². The number of carbonyl (C=O) groups is 1. The SMILES string of the molecule is O=C(N1CC[C@@H](Oc2ccc3ncccc3c2)[C@H](O)C1)C1(Nc2ccccc2)CCCC1. The van der Waals surface area contributed by atoms with Crippen LogP contribution in [-0.2, 0) is 4.79 Å². The fourth-order valence-electron chi connectivity index (χ4n) is 5.01. The Morgan fingerprint density at radius 2 is 1.91 bits per heavy atom. The van der Waals surface area contributed by atoms with Gasteiger partial charge in [-0.15, -0.1) is 0 Å². The van der Waals surface area contributed by atoms with Crippen LogP contribution in [0.25, 0.3) is 10.9 Å². The molecule has 1 saturated heterocycles. The van der Waals surface area contributed by atoms with Gasteiger partial charge in [-0.2, -0.15) is 0 Å². The Bertz CT molecular complexity index is 1080. The smallest absolute Gasteiger partial charge is 0.248 e. The summed E-state index contributed by atoms with van der Waals surface area (Å²) in [5, 5.41) is 15.4. The van der Waals surface area contributed by atoms with Gasteiger partial charge in [0.15, 0.2) is 0 Å². The lowest BCUT2D eigenvalue weighted by atomic mass is 9.92. The number of nitrogens with zero attached hydrogens (tertiary/aromatic N) is 2. The minimum absolute atomic E-state index is 0.0909. The molecule has 1 saturated carbocycles. The van der Waals surface area contributed by atoms with Crippen molar-refractivity contribution in [2.24, 2.45) is 0 Å². The van der Waals surface area contributed by atoms with Crippen molar-refractivity contribution in [3.63, 3.8) is 0 Å². The van der Waals surface area contributed by atoms with Crippen LogP contribution in [0.4, 0.5) is 5.69 Å². The highest BCUT2D eigenvalue weighted by atomic mass is 16.5. The second-order valence-electron chi connectivity index (χ2n) is 8.90. The predicted octanol–water partition coefficient (Wildman–Crippen LogP) is 4.00. The van der Waals surface area contributed by atoms with E-state index in [1.165, 1.54) is 0 Å². The summed E-state index contributed by atoms with van der Waals surface area (Å²) in [6.07, 6.45) is 5.00. The number of hydrogen-bond donors (Lipinski definition) is 2. The fourth-order valence-corrected chi connectivity index (χ4v) is 5.01. The first-order valence-corrected chi connectivity index (χ1v) is 11.5. The molecule has 2 aromatic carbocycles. The van der Waals surface area contributed by atoms with Gasteiger partial charge in [-0.3, -0.25) is 9.78 Å². The molecule has 0 spiro atoms. The molecule has 32 heavy (non-hydrogen) atoms. The van der Waals surface area contributed by atoms with Crippen LogP contribution in [0.15, 0.2) is 66.9 Å². The zero-order valence-electron chi connectivity index (χ0n) is 18.1. The number of ether oxygens (including phenoxy) is 1. The number of carbonyl (C=O) groups excluding carboxylic acids is 1. The number of benzene rings is 2. The van der Waals surface area contributed by atoms with Crippen LogP contribution in [0.2, 0.25) is 0 Å². The highest BCUT2D eigenvalue weighted by molar-refractivity contribution is 5.90. The number of aliphatic hydroxyl groups excluding tert-OH is 1. The van der Waals surface area contributed by atoms with E-state index in [-0.39, 0.29) is 18.6 Å². The zero-order valence-corrected chi connectivity index (χ0v) is 18.1. The molecule has 1 amide bonds. The van der Waals surface area contributed by atoms with E-state index in [1.807, 2.05) is 65.6 Å². The number of rotatable bonds is 5. The molecule has 0 bridgehead atoms. The molecule has 2 atom stereocenters. The Kier molecular flexibility index (Phi) is 5.70. The van der Waals surface area contributed by atoms with Gasteiger partial charge < -0.3 is 20.1 Å². The van der Waals surface area contributed by atoms with E-state index < -0.39 is 11.6 Å². The summed E-state index contributed by atoms with van der Waals surface area (Å²) in [4.78, 5) is 19.7. The maximum atomic E-state index is 13.6. The Hall–Kier alpha value is -3.12. The van der Waals surface area contributed by atoms with Gasteiger partial charge in [-0.1, -0.05) is 37.1 Å². The molecule has 6 heteroatoms. The Morgan fingerprint density at radius 1 is 1.09 bits per heavy atom. The average molecular weight is 432 g/mol. The van der Waals surface area contributed by atoms with Crippen molar-refractivity contribution in [1.82, 2.24) is 9.88 Å². The summed E-state index contributed by atoms with van der Waals surface area (Å²) in [5.41, 5.74) is 1.29. The van der Waals surface area contributed by atoms with E-state index >= 15 is 0 Å². The van der Waals surface area contributed by atoms with Crippen molar-refractivity contribution in [2.45, 2.75) is 49.9 Å². The summed E-state index contributed by atoms with van der Waals surface area (Å²) in [6.45, 7) is 0.866. The summed E-state index contributed by atoms with van der Waals surface area (Å²) in [7, 11) is 0. The number of pyridine rings is 1. The van der Waals surface area contributed by atoms with Crippen LogP contribution in [0.3, 0.4) is 0 Å². The summed E-state index contributed by atoms with van der Waals surface area (Å²) < 4.78 is 6.12. The molecule has 1 aromatic heterocycles. The molecule has 2 aliphatic rings. The van der Waals surface area contributed by atoms with E-state index in [4.69, 9.17) is 4.74 Å². The Labute approximate surface area is 188 Å². The summed E-state index contributed by atoms with van der Waals surface area (Å²) in [5.74, 6) is 0.806. The summed E-state index contributed by atoms with van der Waals surface area (Å²) in [6, 6.07) is 19.6. The monoisotopic (exact) mass is 431 g/mol. The first-order chi connectivity index (χ1) is 15.6. The molecular formula is C26H29N3O3. The van der Waals surface area contributed by atoms with Crippen LogP contribution < -0.4 is 10.1 Å². The van der Waals surface area contributed by atoms with E-state index in [0.29, 0.717) is 18.7 Å². The van der Waals surface area contributed by atoms with Gasteiger partial charge in [-0.25, -0.2) is 0 Å². The van der Waals surface area contributed by atoms with Gasteiger partial charge in [0, 0.05) is 30.2 Å². The van der Waals surface area contributed by atoms with Crippen LogP contribution in [0.5, 0.6) is 5.75 Å². The van der Waals surface area contributed by atoms with Crippen molar-refractivity contribution in [3.8, 4) is 5.75 Å². The number of aliphatic hydroxyl groups is 1. The third-order valence-corrected chi connectivity index (χ3v) is 6.69. The van der Waals surface area contributed by atoms with Gasteiger partial charge in [-0.05, 0) is 49.2 Å². The highest BCUT2D eigenvalue weighted by Gasteiger charge is 2.45. The first kappa shape index (κ1) is 20.8. The lowest BCUT2D eigenvalue weighted by Gasteiger charge is -2.41. The lowest BCUT2D eigenvalue weighted by molar-refractivity contribution is -0.141. The standard InChI is InChI=1S/C26H29N3O3/c30-23-18-29(25(31)26(13-4-5-14-26)28-20-8-2-1-3-9-20)16-12-24(23)32-21-10-11-22-19(17-21)7-6-15-27-22/h1-3,6-11,15,17,23-24,28,30H,4-5,12-14,16,18H2/t23-,24-/m1/s1. The molecule has 0 unspecified atom stereocenters. The Morgan fingerprint density at radius 3 is 2.69 bits per heavy atom. The molecule has 5 rings (SSSR count). The number of likely N-dealkylation sites (tertiary alicyclic amines) is 1. The zero-order chi connectivity index (χ0) is 22.0. The van der Waals surface area contributed by atoms with Gasteiger partial charge in [0.05, 0.1) is 12.1 Å². The first-order valence-electron chi connectivity index (χ1n) is 11.5. The maximum Gasteiger partial charge on any atom is 0.248 e. The summed E-state index contributed by atoms with van der Waals surface area (Å²) >= 11 is 0. The molecule has 6 nitrogen and oxygen atoms in total. The fraction of sp³-hybridized carbons (Fsp3) is 0.385. The van der Waals surface area contributed by atoms with E-state index in [2.05, 4.69) is 10.3 Å². The van der Waals surface area contributed by atoms with Crippen molar-refractivity contribution in [3.05, 3.63) is 66.9 Å². The van der Waals surface area contributed by atoms with E-state index in [1.54, 1.807) is 6.20 Å². The number of hydrogen-bond acceptors (Lipinski definition) is 5. The van der Waals surface area contributed by atoms with Gasteiger partial charge in [0.25, 0.3) is 0 Å². The molecule has 3 aromatic rings. The average Bonchev–Trinajstić information content (AvgIpc) is 3.30. The third kappa shape index (κ3) is 4.15. The number of fused-ring (bicyclic) bond motifs is 1. The largest absolute Gasteiger partial charge is 0.488 e. The topological polar surface area (TPSA) is 74.7 Å². The van der Waals surface area contributed by atoms with Gasteiger partial charge in [0.1, 0.15) is 23.5 Å². The molecule has 2 N–H and O–H groups in total. The Balaban J connectivity index is 1.26. The number of amides is 1. The quantitative estimate of drug-likeness (QED) is 0.639. The highest BCUT2D eigenvalue weighted by Crippen LogP contribution is 2.36. The van der Waals surface area contributed by atoms with E-state index in [9.17, 15) is 9.90 Å². The van der Waals surface area contributed by atoms with Crippen molar-refractivity contribution >= 4 is 22.5 Å². The molecular weight excluding hydrogens is 402 g/mol. The minimum Gasteiger partial charge on any atom is -0.488 e. The normalized spacial score (nSPS) is 22.6. The molecule has 2 fully saturated rings. The number of piperidine rings is 1. The third-order valence-electron chi connectivity index (χ3n) is 6.69. The number of aromatic nitrogens is 1. The molecule has 1 aliphatic heterocycles. The second-order valence-corrected chi connectivity index (χ2v) is 8.90.